The van der Waals surface area contributed by atoms with Crippen molar-refractivity contribution in [1.82, 2.24) is 4.90 Å². The third-order valence-electron chi connectivity index (χ3n) is 7.52. The average Bonchev–Trinajstić information content (AvgIpc) is 3.49. The van der Waals surface area contributed by atoms with Gasteiger partial charge in [0.15, 0.2) is 11.5 Å². The standard InChI is InChI=1S/C17H19NO5.C6H3N3O7/c1-18-3-2-8-4-11(19)16-14(15(8)18)9-5-12-13(22-7-21-12)6-10(9)17(20)23-16;10-6-4(8(13)14)1-3(7(11)12)2-5(6)9(15)16/h5-6,8,11,14-16,19H,2-4,7H2,1H3;1-2,10H/t8-,11-,14+,15-,16-;/m0./s1. The molecule has 1 saturated carbocycles. The first-order valence-corrected chi connectivity index (χ1v) is 11.8. The minimum atomic E-state index is -1.21. The number of aliphatic hydroxyl groups is 1. The Morgan fingerprint density at radius 1 is 0.974 bits per heavy atom. The van der Waals surface area contributed by atoms with Gasteiger partial charge in [-0.05, 0) is 50.0 Å². The van der Waals surface area contributed by atoms with E-state index < -0.39 is 49.8 Å². The Morgan fingerprint density at radius 2 is 1.59 bits per heavy atom. The summed E-state index contributed by atoms with van der Waals surface area (Å²) in [5.74, 6) is 0.101. The lowest BCUT2D eigenvalue weighted by Crippen LogP contribution is -2.54. The monoisotopic (exact) mass is 546 g/mol. The molecule has 2 N–H and O–H groups in total. The number of hydrogen-bond acceptors (Lipinski definition) is 13. The fraction of sp³-hybridized carbons (Fsp3) is 0.435. The molecule has 0 radical (unpaired) electrons. The van der Waals surface area contributed by atoms with Gasteiger partial charge in [0.25, 0.3) is 11.4 Å². The topological polar surface area (TPSA) is 218 Å². The number of benzene rings is 2. The van der Waals surface area contributed by atoms with Crippen molar-refractivity contribution in [2.24, 2.45) is 5.92 Å². The predicted octanol–water partition coefficient (Wildman–Crippen LogP) is 2.24. The summed E-state index contributed by atoms with van der Waals surface area (Å²) in [5, 5.41) is 50.7. The van der Waals surface area contributed by atoms with Crippen molar-refractivity contribution < 1.29 is 44.0 Å². The number of nitro groups is 3. The molecular formula is C23H22N4O12. The van der Waals surface area contributed by atoms with Crippen molar-refractivity contribution >= 4 is 23.0 Å². The maximum Gasteiger partial charge on any atom is 0.338 e. The second-order valence-corrected chi connectivity index (χ2v) is 9.62. The number of likely N-dealkylation sites (tertiary alicyclic amines) is 1. The summed E-state index contributed by atoms with van der Waals surface area (Å²) in [7, 11) is 2.11. The number of aromatic hydroxyl groups is 1. The number of carbonyl (C=O) groups is 1. The summed E-state index contributed by atoms with van der Waals surface area (Å²) in [5.41, 5.74) is -1.53. The highest BCUT2D eigenvalue weighted by Gasteiger charge is 2.53. The van der Waals surface area contributed by atoms with Crippen LogP contribution in [0, 0.1) is 36.3 Å². The van der Waals surface area contributed by atoms with Gasteiger partial charge in [-0.3, -0.25) is 30.3 Å². The number of carbonyl (C=O) groups excluding carboxylic acids is 1. The van der Waals surface area contributed by atoms with Crippen LogP contribution in [0.4, 0.5) is 17.1 Å². The predicted molar refractivity (Wildman–Crippen MR) is 128 cm³/mol. The van der Waals surface area contributed by atoms with Crippen molar-refractivity contribution in [1.29, 1.82) is 0 Å². The van der Waals surface area contributed by atoms with Crippen LogP contribution >= 0.6 is 0 Å². The Kier molecular flexibility index (Phi) is 6.43. The van der Waals surface area contributed by atoms with Crippen LogP contribution in [-0.4, -0.2) is 74.5 Å². The molecule has 16 heteroatoms. The van der Waals surface area contributed by atoms with Crippen LogP contribution in [-0.2, 0) is 4.74 Å². The molecule has 0 spiro atoms. The normalized spacial score (nSPS) is 26.3. The van der Waals surface area contributed by atoms with E-state index in [1.807, 2.05) is 6.07 Å². The number of hydrogen-bond donors (Lipinski definition) is 2. The molecule has 39 heavy (non-hydrogen) atoms. The van der Waals surface area contributed by atoms with Gasteiger partial charge in [0, 0.05) is 12.0 Å². The largest absolute Gasteiger partial charge is 0.497 e. The first-order valence-electron chi connectivity index (χ1n) is 11.8. The van der Waals surface area contributed by atoms with Gasteiger partial charge >= 0.3 is 17.3 Å². The number of esters is 1. The molecule has 4 aliphatic rings. The van der Waals surface area contributed by atoms with Crippen molar-refractivity contribution in [2.45, 2.75) is 37.0 Å². The van der Waals surface area contributed by atoms with Gasteiger partial charge in [-0.2, -0.15) is 0 Å². The number of rotatable bonds is 3. The molecule has 3 heterocycles. The lowest BCUT2D eigenvalue weighted by atomic mass is 9.69. The molecule has 0 bridgehead atoms. The zero-order chi connectivity index (χ0) is 28.2. The zero-order valence-corrected chi connectivity index (χ0v) is 20.3. The first kappa shape index (κ1) is 26.1. The number of nitro benzene ring substituents is 3. The summed E-state index contributed by atoms with van der Waals surface area (Å²) in [4.78, 5) is 42.5. The number of non-ortho nitro benzene ring substituents is 1. The van der Waals surface area contributed by atoms with Crippen LogP contribution < -0.4 is 9.47 Å². The number of phenols is 1. The van der Waals surface area contributed by atoms with Crippen LogP contribution in [0.1, 0.15) is 34.7 Å². The molecule has 0 amide bonds. The number of likely N-dealkylation sites (N-methyl/N-ethyl adjacent to an activating group) is 1. The lowest BCUT2D eigenvalue weighted by molar-refractivity contribution is -0.404. The molecular weight excluding hydrogens is 524 g/mol. The molecule has 16 nitrogen and oxygen atoms in total. The van der Waals surface area contributed by atoms with Crippen molar-refractivity contribution in [3.8, 4) is 17.2 Å². The molecule has 1 saturated heterocycles. The lowest BCUT2D eigenvalue weighted by Gasteiger charge is -2.47. The summed E-state index contributed by atoms with van der Waals surface area (Å²) < 4.78 is 16.5. The van der Waals surface area contributed by atoms with E-state index in [2.05, 4.69) is 11.9 Å². The fourth-order valence-corrected chi connectivity index (χ4v) is 5.84. The number of aliphatic hydroxyl groups excluding tert-OH is 1. The van der Waals surface area contributed by atoms with Crippen LogP contribution in [0.5, 0.6) is 17.2 Å². The van der Waals surface area contributed by atoms with Gasteiger partial charge in [-0.1, -0.05) is 0 Å². The molecule has 5 atom stereocenters. The van der Waals surface area contributed by atoms with E-state index in [0.29, 0.717) is 41.5 Å². The maximum atomic E-state index is 12.4. The molecule has 1 aliphatic carbocycles. The molecule has 2 aromatic rings. The van der Waals surface area contributed by atoms with E-state index in [1.165, 1.54) is 0 Å². The molecule has 6 rings (SSSR count). The second-order valence-electron chi connectivity index (χ2n) is 9.62. The van der Waals surface area contributed by atoms with E-state index >= 15 is 0 Å². The van der Waals surface area contributed by atoms with Crippen molar-refractivity contribution in [2.75, 3.05) is 20.4 Å². The Bertz CT molecular complexity index is 1360. The van der Waals surface area contributed by atoms with Crippen molar-refractivity contribution in [3.63, 3.8) is 0 Å². The van der Waals surface area contributed by atoms with Gasteiger partial charge in [0.05, 0.1) is 38.6 Å². The number of ether oxygens (including phenoxy) is 3. The third-order valence-corrected chi connectivity index (χ3v) is 7.52. The van der Waals surface area contributed by atoms with E-state index in [4.69, 9.17) is 19.3 Å². The Hall–Kier alpha value is -4.57. The highest BCUT2D eigenvalue weighted by molar-refractivity contribution is 5.94. The number of phenolic OH excluding ortho intramolecular Hbond substituents is 1. The van der Waals surface area contributed by atoms with Crippen LogP contribution in [0.3, 0.4) is 0 Å². The van der Waals surface area contributed by atoms with Gasteiger partial charge in [0.2, 0.25) is 6.79 Å². The Balaban J connectivity index is 0.000000171. The fourth-order valence-electron chi connectivity index (χ4n) is 5.84. The van der Waals surface area contributed by atoms with Crippen LogP contribution in [0.2, 0.25) is 0 Å². The highest BCUT2D eigenvalue weighted by atomic mass is 16.7. The molecule has 2 fully saturated rings. The Labute approximate surface area is 218 Å². The summed E-state index contributed by atoms with van der Waals surface area (Å²) in [6.07, 6.45) is 0.700. The third kappa shape index (κ3) is 4.42. The summed E-state index contributed by atoms with van der Waals surface area (Å²) in [6, 6.07) is 4.82. The number of fused-ring (bicyclic) bond motifs is 6. The molecule has 3 aliphatic heterocycles. The van der Waals surface area contributed by atoms with Gasteiger partial charge in [-0.25, -0.2) is 4.79 Å². The van der Waals surface area contributed by atoms with Gasteiger partial charge in [0.1, 0.15) is 6.10 Å². The maximum absolute atomic E-state index is 12.4. The molecule has 2 aromatic carbocycles. The molecule has 0 unspecified atom stereocenters. The average molecular weight is 546 g/mol. The minimum Gasteiger partial charge on any atom is -0.497 e. The summed E-state index contributed by atoms with van der Waals surface area (Å²) >= 11 is 0. The van der Waals surface area contributed by atoms with Crippen LogP contribution in [0.25, 0.3) is 0 Å². The first-order chi connectivity index (χ1) is 18.5. The SMILES string of the molecule is CN1CC[C@H]2C[C@H](O)[C@@H]3OC(=O)c4cc5c(cc4[C@@H]3[C@H]21)OCO5.O=[N+]([O-])c1cc([N+](=O)[O-])c(O)c([N+](=O)[O-])c1. The Morgan fingerprint density at radius 3 is 2.18 bits per heavy atom. The van der Waals surface area contributed by atoms with Crippen LogP contribution in [0.15, 0.2) is 24.3 Å². The second kappa shape index (κ2) is 9.63. The van der Waals surface area contributed by atoms with E-state index in [0.717, 1.165) is 18.5 Å². The summed E-state index contributed by atoms with van der Waals surface area (Å²) in [6.45, 7) is 1.19. The molecule has 0 aromatic heterocycles. The van der Waals surface area contributed by atoms with Gasteiger partial charge < -0.3 is 29.3 Å². The molecule has 206 valence electrons. The van der Waals surface area contributed by atoms with Crippen molar-refractivity contribution in [3.05, 3.63) is 65.7 Å². The quantitative estimate of drug-likeness (QED) is 0.321. The zero-order valence-electron chi connectivity index (χ0n) is 20.3. The minimum absolute atomic E-state index is 0.0153. The highest BCUT2D eigenvalue weighted by Crippen LogP contribution is 2.50. The smallest absolute Gasteiger partial charge is 0.338 e. The van der Waals surface area contributed by atoms with E-state index in [-0.39, 0.29) is 24.7 Å². The number of nitrogens with zero attached hydrogens (tertiary/aromatic N) is 4. The van der Waals surface area contributed by atoms with E-state index in [1.54, 1.807) is 6.07 Å². The van der Waals surface area contributed by atoms with E-state index in [9.17, 15) is 40.2 Å². The van der Waals surface area contributed by atoms with Gasteiger partial charge in [-0.15, -0.1) is 0 Å².